The van der Waals surface area contributed by atoms with E-state index in [1.807, 2.05) is 24.3 Å². The normalized spacial score (nSPS) is 9.96. The predicted octanol–water partition coefficient (Wildman–Crippen LogP) is 2.76. The number of hydrogen-bond donors (Lipinski definition) is 3. The first-order valence-electron chi connectivity index (χ1n) is 7.09. The highest BCUT2D eigenvalue weighted by molar-refractivity contribution is 5.93. The molecule has 0 spiro atoms. The molecule has 0 aromatic heterocycles. The number of ether oxygens (including phenoxy) is 1. The minimum atomic E-state index is -1.03. The van der Waals surface area contributed by atoms with Crippen molar-refractivity contribution in [2.45, 2.75) is 6.42 Å². The maximum Gasteiger partial charge on any atom is 0.335 e. The molecule has 0 atom stereocenters. The molecule has 6 heteroatoms. The van der Waals surface area contributed by atoms with Crippen LogP contribution in [-0.4, -0.2) is 30.8 Å². The summed E-state index contributed by atoms with van der Waals surface area (Å²) >= 11 is 0. The van der Waals surface area contributed by atoms with E-state index in [9.17, 15) is 9.59 Å². The number of carbonyl (C=O) groups excluding carboxylic acids is 1. The van der Waals surface area contributed by atoms with Crippen molar-refractivity contribution in [3.8, 4) is 5.75 Å². The minimum Gasteiger partial charge on any atom is -0.497 e. The number of carboxylic acids is 1. The summed E-state index contributed by atoms with van der Waals surface area (Å²) in [5.41, 5.74) is 1.65. The van der Waals surface area contributed by atoms with Crippen LogP contribution in [0, 0.1) is 0 Å². The van der Waals surface area contributed by atoms with Crippen LogP contribution in [0.15, 0.2) is 48.5 Å². The lowest BCUT2D eigenvalue weighted by molar-refractivity contribution is 0.0697. The van der Waals surface area contributed by atoms with E-state index in [2.05, 4.69) is 10.6 Å². The van der Waals surface area contributed by atoms with Crippen LogP contribution >= 0.6 is 0 Å². The second-order valence-corrected chi connectivity index (χ2v) is 4.86. The van der Waals surface area contributed by atoms with Gasteiger partial charge in [-0.25, -0.2) is 9.59 Å². The van der Waals surface area contributed by atoms with Crippen LogP contribution in [0.5, 0.6) is 5.75 Å². The largest absolute Gasteiger partial charge is 0.497 e. The molecule has 0 aliphatic carbocycles. The van der Waals surface area contributed by atoms with Gasteiger partial charge in [-0.2, -0.15) is 0 Å². The number of hydrogen-bond acceptors (Lipinski definition) is 3. The van der Waals surface area contributed by atoms with Crippen molar-refractivity contribution in [1.29, 1.82) is 0 Å². The SMILES string of the molecule is COc1ccc(CCNC(=O)Nc2cccc(C(=O)O)c2)cc1. The number of carboxylic acid groups (broad SMARTS) is 1. The smallest absolute Gasteiger partial charge is 0.335 e. The lowest BCUT2D eigenvalue weighted by Gasteiger charge is -2.08. The van der Waals surface area contributed by atoms with E-state index < -0.39 is 5.97 Å². The van der Waals surface area contributed by atoms with Crippen molar-refractivity contribution >= 4 is 17.7 Å². The van der Waals surface area contributed by atoms with Crippen LogP contribution in [0.25, 0.3) is 0 Å². The molecule has 2 aromatic carbocycles. The molecule has 0 aliphatic rings. The molecule has 0 fully saturated rings. The minimum absolute atomic E-state index is 0.126. The van der Waals surface area contributed by atoms with Gasteiger partial charge in [-0.3, -0.25) is 0 Å². The number of carbonyl (C=O) groups is 2. The van der Waals surface area contributed by atoms with Gasteiger partial charge in [0, 0.05) is 12.2 Å². The van der Waals surface area contributed by atoms with Gasteiger partial charge in [-0.1, -0.05) is 18.2 Å². The topological polar surface area (TPSA) is 87.7 Å². The molecule has 23 heavy (non-hydrogen) atoms. The van der Waals surface area contributed by atoms with Crippen molar-refractivity contribution in [3.05, 3.63) is 59.7 Å². The molecule has 0 aliphatic heterocycles. The molecule has 2 rings (SSSR count). The molecule has 0 saturated carbocycles. The van der Waals surface area contributed by atoms with E-state index in [0.29, 0.717) is 18.7 Å². The van der Waals surface area contributed by atoms with Gasteiger partial charge in [0.05, 0.1) is 12.7 Å². The van der Waals surface area contributed by atoms with E-state index >= 15 is 0 Å². The standard InChI is InChI=1S/C17H18N2O4/c1-23-15-7-5-12(6-8-15)9-10-18-17(22)19-14-4-2-3-13(11-14)16(20)21/h2-8,11H,9-10H2,1H3,(H,20,21)(H2,18,19,22). The van der Waals surface area contributed by atoms with Crippen LogP contribution < -0.4 is 15.4 Å². The fraction of sp³-hybridized carbons (Fsp3) is 0.176. The van der Waals surface area contributed by atoms with Crippen LogP contribution in [0.1, 0.15) is 15.9 Å². The first-order valence-corrected chi connectivity index (χ1v) is 7.09. The van der Waals surface area contributed by atoms with Gasteiger partial charge in [0.1, 0.15) is 5.75 Å². The summed E-state index contributed by atoms with van der Waals surface area (Å²) < 4.78 is 5.08. The average Bonchev–Trinajstić information content (AvgIpc) is 2.55. The van der Waals surface area contributed by atoms with Gasteiger partial charge < -0.3 is 20.5 Å². The average molecular weight is 314 g/mol. The second-order valence-electron chi connectivity index (χ2n) is 4.86. The van der Waals surface area contributed by atoms with Crippen LogP contribution in [0.4, 0.5) is 10.5 Å². The Morgan fingerprint density at radius 3 is 2.52 bits per heavy atom. The third-order valence-electron chi connectivity index (χ3n) is 3.23. The lowest BCUT2D eigenvalue weighted by atomic mass is 10.1. The number of methoxy groups -OCH3 is 1. The number of urea groups is 1. The fourth-order valence-corrected chi connectivity index (χ4v) is 2.02. The maximum absolute atomic E-state index is 11.8. The Morgan fingerprint density at radius 1 is 1.13 bits per heavy atom. The summed E-state index contributed by atoms with van der Waals surface area (Å²) in [7, 11) is 1.61. The number of benzene rings is 2. The molecule has 2 amide bonds. The Bertz CT molecular complexity index is 683. The number of amides is 2. The van der Waals surface area contributed by atoms with Gasteiger partial charge in [0.25, 0.3) is 0 Å². The zero-order chi connectivity index (χ0) is 16.7. The Morgan fingerprint density at radius 2 is 1.87 bits per heavy atom. The van der Waals surface area contributed by atoms with Crippen LogP contribution in [0.3, 0.4) is 0 Å². The van der Waals surface area contributed by atoms with Crippen molar-refractivity contribution in [2.24, 2.45) is 0 Å². The summed E-state index contributed by atoms with van der Waals surface area (Å²) in [6.07, 6.45) is 0.687. The summed E-state index contributed by atoms with van der Waals surface area (Å²) in [5.74, 6) is -0.244. The number of anilines is 1. The quantitative estimate of drug-likeness (QED) is 0.765. The molecular weight excluding hydrogens is 296 g/mol. The third-order valence-corrected chi connectivity index (χ3v) is 3.23. The molecular formula is C17H18N2O4. The highest BCUT2D eigenvalue weighted by Gasteiger charge is 2.05. The summed E-state index contributed by atoms with van der Waals surface area (Å²) in [5, 5.41) is 14.2. The van der Waals surface area contributed by atoms with Gasteiger partial charge in [-0.05, 0) is 42.3 Å². The molecule has 6 nitrogen and oxygen atoms in total. The van der Waals surface area contributed by atoms with E-state index in [1.54, 1.807) is 19.2 Å². The van der Waals surface area contributed by atoms with Crippen molar-refractivity contribution in [2.75, 3.05) is 19.0 Å². The number of rotatable bonds is 6. The van der Waals surface area contributed by atoms with E-state index in [4.69, 9.17) is 9.84 Å². The van der Waals surface area contributed by atoms with Gasteiger partial charge in [0.15, 0.2) is 0 Å². The Balaban J connectivity index is 1.80. The zero-order valence-electron chi connectivity index (χ0n) is 12.7. The van der Waals surface area contributed by atoms with Crippen LogP contribution in [-0.2, 0) is 6.42 Å². The van der Waals surface area contributed by atoms with E-state index in [-0.39, 0.29) is 11.6 Å². The number of aromatic carboxylic acids is 1. The third kappa shape index (κ3) is 5.03. The first kappa shape index (κ1) is 16.4. The first-order chi connectivity index (χ1) is 11.1. The molecule has 0 bridgehead atoms. The Hall–Kier alpha value is -3.02. The Kier molecular flexibility index (Phi) is 5.57. The van der Waals surface area contributed by atoms with E-state index in [0.717, 1.165) is 11.3 Å². The molecule has 2 aromatic rings. The monoisotopic (exact) mass is 314 g/mol. The summed E-state index contributed by atoms with van der Waals surface area (Å²) in [6.45, 7) is 0.469. The molecule has 0 unspecified atom stereocenters. The highest BCUT2D eigenvalue weighted by atomic mass is 16.5. The molecule has 0 saturated heterocycles. The van der Waals surface area contributed by atoms with Gasteiger partial charge in [0.2, 0.25) is 0 Å². The van der Waals surface area contributed by atoms with Crippen molar-refractivity contribution < 1.29 is 19.4 Å². The Labute approximate surface area is 134 Å². The molecule has 120 valence electrons. The summed E-state index contributed by atoms with van der Waals surface area (Å²) in [4.78, 5) is 22.7. The number of nitrogens with one attached hydrogen (secondary N) is 2. The van der Waals surface area contributed by atoms with Gasteiger partial charge >= 0.3 is 12.0 Å². The maximum atomic E-state index is 11.8. The molecule has 3 N–H and O–H groups in total. The van der Waals surface area contributed by atoms with Gasteiger partial charge in [-0.15, -0.1) is 0 Å². The fourth-order valence-electron chi connectivity index (χ4n) is 2.02. The van der Waals surface area contributed by atoms with Crippen LogP contribution in [0.2, 0.25) is 0 Å². The molecule has 0 radical (unpaired) electrons. The predicted molar refractivity (Wildman–Crippen MR) is 87.1 cm³/mol. The second kappa shape index (κ2) is 7.84. The summed E-state index contributed by atoms with van der Waals surface area (Å²) in [6, 6.07) is 13.3. The van der Waals surface area contributed by atoms with Crippen molar-refractivity contribution in [3.63, 3.8) is 0 Å². The lowest BCUT2D eigenvalue weighted by Crippen LogP contribution is -2.30. The molecule has 0 heterocycles. The van der Waals surface area contributed by atoms with E-state index in [1.165, 1.54) is 12.1 Å². The zero-order valence-corrected chi connectivity index (χ0v) is 12.7. The highest BCUT2D eigenvalue weighted by Crippen LogP contribution is 2.12. The van der Waals surface area contributed by atoms with Crippen molar-refractivity contribution in [1.82, 2.24) is 5.32 Å².